The van der Waals surface area contributed by atoms with Crippen molar-refractivity contribution in [2.45, 2.75) is 18.9 Å². The van der Waals surface area contributed by atoms with Crippen LogP contribution in [-0.4, -0.2) is 27.6 Å². The van der Waals surface area contributed by atoms with Gasteiger partial charge in [-0.2, -0.15) is 0 Å². The Morgan fingerprint density at radius 2 is 2.00 bits per heavy atom. The van der Waals surface area contributed by atoms with E-state index in [0.29, 0.717) is 11.0 Å². The molecule has 0 saturated carbocycles. The van der Waals surface area contributed by atoms with Gasteiger partial charge in [0.15, 0.2) is 0 Å². The van der Waals surface area contributed by atoms with Crippen molar-refractivity contribution in [2.75, 3.05) is 13.1 Å². The molecule has 19 heavy (non-hydrogen) atoms. The molecule has 2 N–H and O–H groups in total. The van der Waals surface area contributed by atoms with Gasteiger partial charge in [-0.05, 0) is 38.1 Å². The Balaban J connectivity index is 0.00000133. The van der Waals surface area contributed by atoms with E-state index in [9.17, 15) is 9.59 Å². The van der Waals surface area contributed by atoms with E-state index >= 15 is 0 Å². The first-order valence-electron chi connectivity index (χ1n) is 6.07. The van der Waals surface area contributed by atoms with Crippen molar-refractivity contribution in [1.82, 2.24) is 19.9 Å². The van der Waals surface area contributed by atoms with Crippen molar-refractivity contribution in [3.63, 3.8) is 0 Å². The van der Waals surface area contributed by atoms with Gasteiger partial charge in [-0.1, -0.05) is 0 Å². The number of H-pyrrole nitrogens is 1. The topological polar surface area (TPSA) is 79.8 Å². The fourth-order valence-electron chi connectivity index (χ4n) is 2.46. The normalized spacial score (nSPS) is 16.2. The Hall–Kier alpha value is -1.66. The first-order valence-corrected chi connectivity index (χ1v) is 6.07. The summed E-state index contributed by atoms with van der Waals surface area (Å²) in [5.74, 6) is 0. The van der Waals surface area contributed by atoms with Crippen molar-refractivity contribution in [3.05, 3.63) is 39.2 Å². The number of nitrogens with one attached hydrogen (secondary N) is 2. The van der Waals surface area contributed by atoms with Crippen LogP contribution in [0.3, 0.4) is 0 Å². The van der Waals surface area contributed by atoms with Gasteiger partial charge in [0, 0.05) is 12.2 Å². The van der Waals surface area contributed by atoms with Crippen molar-refractivity contribution >= 4 is 23.4 Å². The summed E-state index contributed by atoms with van der Waals surface area (Å²) in [6.07, 6.45) is 3.16. The molecular weight excluding hydrogens is 268 g/mol. The molecule has 0 spiro atoms. The SMILES string of the molecule is Cl.O=c1[nH]c2ncccc2c(=O)n1C1CCNCC1. The summed E-state index contributed by atoms with van der Waals surface area (Å²) in [6.45, 7) is 1.67. The van der Waals surface area contributed by atoms with Gasteiger partial charge >= 0.3 is 5.69 Å². The minimum absolute atomic E-state index is 0. The maximum atomic E-state index is 12.3. The summed E-state index contributed by atoms with van der Waals surface area (Å²) in [6, 6.07) is 3.37. The lowest BCUT2D eigenvalue weighted by Crippen LogP contribution is -2.42. The summed E-state index contributed by atoms with van der Waals surface area (Å²) in [7, 11) is 0. The number of piperidine rings is 1. The smallest absolute Gasteiger partial charge is 0.317 e. The van der Waals surface area contributed by atoms with Crippen molar-refractivity contribution in [1.29, 1.82) is 0 Å². The second kappa shape index (κ2) is 5.54. The van der Waals surface area contributed by atoms with Gasteiger partial charge in [0.25, 0.3) is 5.56 Å². The fraction of sp³-hybridized carbons (Fsp3) is 0.417. The summed E-state index contributed by atoms with van der Waals surface area (Å²) < 4.78 is 1.34. The highest BCUT2D eigenvalue weighted by molar-refractivity contribution is 5.85. The largest absolute Gasteiger partial charge is 0.330 e. The minimum Gasteiger partial charge on any atom is -0.317 e. The Morgan fingerprint density at radius 3 is 2.74 bits per heavy atom. The van der Waals surface area contributed by atoms with Crippen LogP contribution in [0.4, 0.5) is 0 Å². The van der Waals surface area contributed by atoms with E-state index in [1.165, 1.54) is 4.57 Å². The molecule has 0 atom stereocenters. The highest BCUT2D eigenvalue weighted by Gasteiger charge is 2.19. The molecule has 3 heterocycles. The number of rotatable bonds is 1. The number of halogens is 1. The maximum absolute atomic E-state index is 12.3. The van der Waals surface area contributed by atoms with Gasteiger partial charge in [-0.25, -0.2) is 9.78 Å². The molecule has 102 valence electrons. The summed E-state index contributed by atoms with van der Waals surface area (Å²) >= 11 is 0. The second-order valence-corrected chi connectivity index (χ2v) is 4.49. The third-order valence-electron chi connectivity index (χ3n) is 3.37. The lowest BCUT2D eigenvalue weighted by atomic mass is 10.1. The number of fused-ring (bicyclic) bond motifs is 1. The second-order valence-electron chi connectivity index (χ2n) is 4.49. The predicted octanol–water partition coefficient (Wildman–Crippen LogP) is 0.431. The number of aromatic amines is 1. The highest BCUT2D eigenvalue weighted by Crippen LogP contribution is 2.14. The van der Waals surface area contributed by atoms with Crippen LogP contribution < -0.4 is 16.6 Å². The van der Waals surface area contributed by atoms with Gasteiger partial charge in [0.1, 0.15) is 5.65 Å². The minimum atomic E-state index is -0.363. The van der Waals surface area contributed by atoms with Crippen LogP contribution >= 0.6 is 12.4 Å². The van der Waals surface area contributed by atoms with Crippen LogP contribution in [-0.2, 0) is 0 Å². The molecule has 1 fully saturated rings. The quantitative estimate of drug-likeness (QED) is 0.795. The van der Waals surface area contributed by atoms with Gasteiger partial charge in [0.2, 0.25) is 0 Å². The lowest BCUT2D eigenvalue weighted by molar-refractivity contribution is 0.352. The number of hydrogen-bond donors (Lipinski definition) is 2. The van der Waals surface area contributed by atoms with E-state index in [4.69, 9.17) is 0 Å². The first-order chi connectivity index (χ1) is 8.77. The Bertz CT molecular complexity index is 688. The molecule has 0 radical (unpaired) electrons. The molecule has 1 aliphatic rings. The summed E-state index contributed by atoms with van der Waals surface area (Å²) in [5, 5.41) is 3.69. The van der Waals surface area contributed by atoms with Crippen LogP contribution in [0.2, 0.25) is 0 Å². The average Bonchev–Trinajstić information content (AvgIpc) is 2.40. The Kier molecular flexibility index (Phi) is 4.01. The summed E-state index contributed by atoms with van der Waals surface area (Å²) in [4.78, 5) is 31.0. The molecule has 0 aliphatic carbocycles. The molecule has 2 aromatic heterocycles. The van der Waals surface area contributed by atoms with Gasteiger partial charge in [0.05, 0.1) is 5.39 Å². The fourth-order valence-corrected chi connectivity index (χ4v) is 2.46. The van der Waals surface area contributed by atoms with E-state index in [2.05, 4.69) is 15.3 Å². The molecule has 3 rings (SSSR count). The third-order valence-corrected chi connectivity index (χ3v) is 3.37. The van der Waals surface area contributed by atoms with Crippen LogP contribution in [0, 0.1) is 0 Å². The average molecular weight is 283 g/mol. The van der Waals surface area contributed by atoms with Crippen molar-refractivity contribution in [2.24, 2.45) is 0 Å². The first kappa shape index (κ1) is 13.8. The van der Waals surface area contributed by atoms with Crippen LogP contribution in [0.15, 0.2) is 27.9 Å². The van der Waals surface area contributed by atoms with Crippen LogP contribution in [0.1, 0.15) is 18.9 Å². The molecule has 0 amide bonds. The van der Waals surface area contributed by atoms with Gasteiger partial charge < -0.3 is 5.32 Å². The number of aromatic nitrogens is 3. The monoisotopic (exact) mass is 282 g/mol. The van der Waals surface area contributed by atoms with Crippen molar-refractivity contribution < 1.29 is 0 Å². The van der Waals surface area contributed by atoms with E-state index < -0.39 is 0 Å². The van der Waals surface area contributed by atoms with Crippen LogP contribution in [0.5, 0.6) is 0 Å². The molecule has 1 aliphatic heterocycles. The van der Waals surface area contributed by atoms with E-state index in [0.717, 1.165) is 25.9 Å². The number of hydrogen-bond acceptors (Lipinski definition) is 4. The zero-order valence-corrected chi connectivity index (χ0v) is 11.1. The lowest BCUT2D eigenvalue weighted by Gasteiger charge is -2.23. The maximum Gasteiger partial charge on any atom is 0.330 e. The molecule has 7 heteroatoms. The molecular formula is C12H15ClN4O2. The molecule has 1 saturated heterocycles. The van der Waals surface area contributed by atoms with Crippen LogP contribution in [0.25, 0.3) is 11.0 Å². The van der Waals surface area contributed by atoms with E-state index in [1.807, 2.05) is 0 Å². The zero-order valence-electron chi connectivity index (χ0n) is 10.3. The molecule has 0 aromatic carbocycles. The number of nitrogens with zero attached hydrogens (tertiary/aromatic N) is 2. The molecule has 0 unspecified atom stereocenters. The Labute approximate surface area is 115 Å². The zero-order chi connectivity index (χ0) is 12.5. The summed E-state index contributed by atoms with van der Waals surface area (Å²) in [5.41, 5.74) is -0.246. The molecule has 2 aromatic rings. The van der Waals surface area contributed by atoms with Gasteiger partial charge in [-0.15, -0.1) is 12.4 Å². The predicted molar refractivity (Wildman–Crippen MR) is 75.0 cm³/mol. The number of pyridine rings is 1. The van der Waals surface area contributed by atoms with E-state index in [1.54, 1.807) is 18.3 Å². The standard InChI is InChI=1S/C12H14N4O2.ClH/c17-11-9-2-1-5-14-10(9)15-12(18)16(11)8-3-6-13-7-4-8;/h1-2,5,8,13H,3-4,6-7H2,(H,14,15,18);1H. The van der Waals surface area contributed by atoms with E-state index in [-0.39, 0.29) is 29.7 Å². The third kappa shape index (κ3) is 2.41. The molecule has 0 bridgehead atoms. The van der Waals surface area contributed by atoms with Crippen molar-refractivity contribution in [3.8, 4) is 0 Å². The molecule has 6 nitrogen and oxygen atoms in total. The Morgan fingerprint density at radius 1 is 1.26 bits per heavy atom. The highest BCUT2D eigenvalue weighted by atomic mass is 35.5. The van der Waals surface area contributed by atoms with Gasteiger partial charge in [-0.3, -0.25) is 14.3 Å².